The number of carbonyl (C=O) groups is 2. The summed E-state index contributed by atoms with van der Waals surface area (Å²) in [5.74, 6) is -4.26. The van der Waals surface area contributed by atoms with E-state index in [0.29, 0.717) is 5.56 Å². The molecule has 0 bridgehead atoms. The Kier molecular flexibility index (Phi) is 6.98. The van der Waals surface area contributed by atoms with E-state index in [4.69, 9.17) is 9.47 Å². The van der Waals surface area contributed by atoms with Gasteiger partial charge in [0, 0.05) is 4.92 Å². The number of phenolic OH excluding ortho intramolecular Hbond substituents is 1. The second-order valence-electron chi connectivity index (χ2n) is 4.70. The fourth-order valence-corrected chi connectivity index (χ4v) is 2.17. The second kappa shape index (κ2) is 8.72. The Balaban J connectivity index is 3.24. The minimum absolute atomic E-state index is 0.0302. The van der Waals surface area contributed by atoms with E-state index in [2.05, 4.69) is 0 Å². The molecular formula is C15H19NO7. The van der Waals surface area contributed by atoms with Gasteiger partial charge in [0.25, 0.3) is 0 Å². The Morgan fingerprint density at radius 2 is 1.61 bits per heavy atom. The zero-order valence-electron chi connectivity index (χ0n) is 12.9. The molecule has 8 heteroatoms. The lowest BCUT2D eigenvalue weighted by atomic mass is 9.85. The first-order chi connectivity index (χ1) is 10.9. The maximum absolute atomic E-state index is 12.1. The molecule has 1 N–H and O–H groups in total. The summed E-state index contributed by atoms with van der Waals surface area (Å²) in [7, 11) is 0. The van der Waals surface area contributed by atoms with Crippen LogP contribution in [0, 0.1) is 16.0 Å². The first kappa shape index (κ1) is 18.4. The molecule has 1 atom stereocenters. The van der Waals surface area contributed by atoms with Crippen LogP contribution in [0.3, 0.4) is 0 Å². The number of ether oxygens (including phenoxy) is 2. The molecule has 0 aliphatic rings. The average Bonchev–Trinajstić information content (AvgIpc) is 2.47. The Hall–Kier alpha value is -2.64. The number of nitrogens with zero attached hydrogens (tertiary/aromatic N) is 1. The number of hydrogen-bond acceptors (Lipinski definition) is 7. The third-order valence-electron chi connectivity index (χ3n) is 3.15. The molecule has 1 aromatic rings. The van der Waals surface area contributed by atoms with Crippen LogP contribution in [-0.4, -0.2) is 41.7 Å². The Morgan fingerprint density at radius 3 is 2.00 bits per heavy atom. The molecular weight excluding hydrogens is 306 g/mol. The minimum Gasteiger partial charge on any atom is -0.508 e. The molecule has 1 rings (SSSR count). The summed E-state index contributed by atoms with van der Waals surface area (Å²) in [6, 6.07) is 5.51. The van der Waals surface area contributed by atoms with Gasteiger partial charge in [0.1, 0.15) is 5.75 Å². The van der Waals surface area contributed by atoms with Gasteiger partial charge >= 0.3 is 11.9 Å². The molecule has 0 unspecified atom stereocenters. The average molecular weight is 325 g/mol. The maximum Gasteiger partial charge on any atom is 0.321 e. The van der Waals surface area contributed by atoms with E-state index < -0.39 is 35.2 Å². The largest absolute Gasteiger partial charge is 0.508 e. The lowest BCUT2D eigenvalue weighted by Crippen LogP contribution is -2.36. The smallest absolute Gasteiger partial charge is 0.321 e. The van der Waals surface area contributed by atoms with Gasteiger partial charge in [-0.15, -0.1) is 0 Å². The molecule has 126 valence electrons. The Bertz CT molecular complexity index is 537. The molecule has 0 saturated heterocycles. The summed E-state index contributed by atoms with van der Waals surface area (Å²) in [6.45, 7) is 2.57. The summed E-state index contributed by atoms with van der Waals surface area (Å²) in [5.41, 5.74) is 0.366. The van der Waals surface area contributed by atoms with Crippen LogP contribution in [0.15, 0.2) is 24.3 Å². The molecule has 0 aromatic heterocycles. The highest BCUT2D eigenvalue weighted by Crippen LogP contribution is 2.29. The highest BCUT2D eigenvalue weighted by Gasteiger charge is 2.41. The molecule has 0 aliphatic heterocycles. The van der Waals surface area contributed by atoms with E-state index in [1.807, 2.05) is 0 Å². The lowest BCUT2D eigenvalue weighted by Gasteiger charge is -2.21. The summed E-state index contributed by atoms with van der Waals surface area (Å²) in [5, 5.41) is 20.3. The monoisotopic (exact) mass is 325 g/mol. The predicted octanol–water partition coefficient (Wildman–Crippen LogP) is 1.49. The Labute approximate surface area is 133 Å². The van der Waals surface area contributed by atoms with Crippen LogP contribution < -0.4 is 0 Å². The van der Waals surface area contributed by atoms with Gasteiger partial charge in [-0.25, -0.2) is 0 Å². The quantitative estimate of drug-likeness (QED) is 0.333. The molecule has 0 heterocycles. The lowest BCUT2D eigenvalue weighted by molar-refractivity contribution is -0.484. The maximum atomic E-state index is 12.1. The van der Waals surface area contributed by atoms with Crippen molar-refractivity contribution in [1.29, 1.82) is 0 Å². The van der Waals surface area contributed by atoms with E-state index in [1.165, 1.54) is 24.3 Å². The third kappa shape index (κ3) is 5.24. The van der Waals surface area contributed by atoms with Crippen LogP contribution in [0.1, 0.15) is 25.3 Å². The van der Waals surface area contributed by atoms with Crippen molar-refractivity contribution in [1.82, 2.24) is 0 Å². The summed E-state index contributed by atoms with van der Waals surface area (Å²) < 4.78 is 9.74. The third-order valence-corrected chi connectivity index (χ3v) is 3.15. The van der Waals surface area contributed by atoms with E-state index in [9.17, 15) is 24.8 Å². The molecule has 0 fully saturated rings. The van der Waals surface area contributed by atoms with Gasteiger partial charge in [-0.05, 0) is 31.5 Å². The van der Waals surface area contributed by atoms with Gasteiger partial charge in [0.05, 0.1) is 19.1 Å². The highest BCUT2D eigenvalue weighted by molar-refractivity contribution is 5.96. The first-order valence-corrected chi connectivity index (χ1v) is 7.14. The second-order valence-corrected chi connectivity index (χ2v) is 4.70. The molecule has 0 aliphatic carbocycles. The molecule has 0 radical (unpaired) electrons. The summed E-state index contributed by atoms with van der Waals surface area (Å²) >= 11 is 0. The van der Waals surface area contributed by atoms with Crippen molar-refractivity contribution in [2.24, 2.45) is 5.92 Å². The zero-order chi connectivity index (χ0) is 17.4. The number of phenols is 1. The van der Waals surface area contributed by atoms with E-state index in [-0.39, 0.29) is 19.0 Å². The summed E-state index contributed by atoms with van der Waals surface area (Å²) in [4.78, 5) is 34.6. The summed E-state index contributed by atoms with van der Waals surface area (Å²) in [6.07, 6.45) is 0. The van der Waals surface area contributed by atoms with Crippen LogP contribution in [0.25, 0.3) is 0 Å². The number of rotatable bonds is 8. The number of carbonyl (C=O) groups excluding carboxylic acids is 2. The van der Waals surface area contributed by atoms with Crippen molar-refractivity contribution in [3.05, 3.63) is 39.9 Å². The fourth-order valence-electron chi connectivity index (χ4n) is 2.17. The standard InChI is InChI=1S/C15H19NO7/c1-3-22-14(18)13(15(19)23-4-2)12(9-16(20)21)10-5-7-11(17)8-6-10/h5-8,12-13,17H,3-4,9H2,1-2H3/t12-/m1/s1. The number of esters is 2. The van der Waals surface area contributed by atoms with Gasteiger partial charge < -0.3 is 14.6 Å². The molecule has 0 spiro atoms. The van der Waals surface area contributed by atoms with Crippen molar-refractivity contribution < 1.29 is 29.1 Å². The van der Waals surface area contributed by atoms with Gasteiger partial charge in [0.15, 0.2) is 5.92 Å². The molecule has 0 saturated carbocycles. The van der Waals surface area contributed by atoms with Crippen molar-refractivity contribution in [3.63, 3.8) is 0 Å². The van der Waals surface area contributed by atoms with Gasteiger partial charge in [0.2, 0.25) is 6.54 Å². The van der Waals surface area contributed by atoms with Crippen molar-refractivity contribution in [3.8, 4) is 5.75 Å². The molecule has 8 nitrogen and oxygen atoms in total. The SMILES string of the molecule is CCOC(=O)C(C(=O)OCC)[C@H](C[N+](=O)[O-])c1ccc(O)cc1. The van der Waals surface area contributed by atoms with Crippen molar-refractivity contribution in [2.45, 2.75) is 19.8 Å². The van der Waals surface area contributed by atoms with Crippen molar-refractivity contribution in [2.75, 3.05) is 19.8 Å². The highest BCUT2D eigenvalue weighted by atomic mass is 16.6. The first-order valence-electron chi connectivity index (χ1n) is 7.14. The van der Waals surface area contributed by atoms with E-state index in [0.717, 1.165) is 0 Å². The zero-order valence-corrected chi connectivity index (χ0v) is 12.9. The number of hydrogen-bond donors (Lipinski definition) is 1. The normalized spacial score (nSPS) is 11.8. The van der Waals surface area contributed by atoms with Gasteiger partial charge in [-0.2, -0.15) is 0 Å². The van der Waals surface area contributed by atoms with E-state index in [1.54, 1.807) is 13.8 Å². The molecule has 0 amide bonds. The molecule has 1 aromatic carbocycles. The van der Waals surface area contributed by atoms with Gasteiger partial charge in [-0.3, -0.25) is 19.7 Å². The predicted molar refractivity (Wildman–Crippen MR) is 79.5 cm³/mol. The van der Waals surface area contributed by atoms with Crippen molar-refractivity contribution >= 4 is 11.9 Å². The Morgan fingerprint density at radius 1 is 1.13 bits per heavy atom. The van der Waals surface area contributed by atoms with Crippen LogP contribution in [0.5, 0.6) is 5.75 Å². The fraction of sp³-hybridized carbons (Fsp3) is 0.467. The van der Waals surface area contributed by atoms with Crippen LogP contribution in [0.2, 0.25) is 0 Å². The number of aromatic hydroxyl groups is 1. The van der Waals surface area contributed by atoms with Gasteiger partial charge in [-0.1, -0.05) is 12.1 Å². The van der Waals surface area contributed by atoms with Crippen LogP contribution in [0.4, 0.5) is 0 Å². The number of benzene rings is 1. The number of nitro groups is 1. The minimum atomic E-state index is -1.44. The topological polar surface area (TPSA) is 116 Å². The van der Waals surface area contributed by atoms with Crippen LogP contribution in [-0.2, 0) is 19.1 Å². The molecule has 23 heavy (non-hydrogen) atoms. The van der Waals surface area contributed by atoms with Crippen LogP contribution >= 0.6 is 0 Å². The van der Waals surface area contributed by atoms with E-state index >= 15 is 0 Å².